The summed E-state index contributed by atoms with van der Waals surface area (Å²) in [4.78, 5) is 5.28. The van der Waals surface area contributed by atoms with E-state index in [1.54, 1.807) is 6.20 Å². The first-order valence-electron chi connectivity index (χ1n) is 7.54. The second kappa shape index (κ2) is 4.77. The molecule has 4 rings (SSSR count). The maximum Gasteiger partial charge on any atom is 0.196 e. The highest BCUT2D eigenvalue weighted by Gasteiger charge is 2.36. The predicted octanol–water partition coefficient (Wildman–Crippen LogP) is 3.75. The molecule has 1 aliphatic carbocycles. The van der Waals surface area contributed by atoms with E-state index in [-0.39, 0.29) is 5.52 Å². The first kappa shape index (κ1) is 13.2. The normalized spacial score (nSPS) is 23.3. The van der Waals surface area contributed by atoms with E-state index >= 15 is 0 Å². The smallest absolute Gasteiger partial charge is 0.196 e. The van der Waals surface area contributed by atoms with E-state index < -0.39 is 17.5 Å². The molecule has 1 atom stereocenters. The van der Waals surface area contributed by atoms with Crippen LogP contribution in [0.15, 0.2) is 12.3 Å². The van der Waals surface area contributed by atoms with Gasteiger partial charge in [-0.05, 0) is 50.3 Å². The number of nitrogens with one attached hydrogen (secondary N) is 1. The third-order valence-corrected chi connectivity index (χ3v) is 4.79. The number of H-pyrrole nitrogens is 1. The summed E-state index contributed by atoms with van der Waals surface area (Å²) >= 11 is 0. The molecule has 2 aliphatic rings. The van der Waals surface area contributed by atoms with Gasteiger partial charge in [0, 0.05) is 23.7 Å². The maximum atomic E-state index is 13.7. The van der Waals surface area contributed by atoms with Crippen molar-refractivity contribution >= 4 is 10.9 Å². The minimum atomic E-state index is -1.41. The van der Waals surface area contributed by atoms with Gasteiger partial charge in [0.15, 0.2) is 17.5 Å². The van der Waals surface area contributed by atoms with E-state index in [1.165, 1.54) is 19.3 Å². The van der Waals surface area contributed by atoms with Crippen LogP contribution < -0.4 is 0 Å². The highest BCUT2D eigenvalue weighted by Crippen LogP contribution is 2.35. The van der Waals surface area contributed by atoms with E-state index in [0.29, 0.717) is 17.5 Å². The summed E-state index contributed by atoms with van der Waals surface area (Å²) in [7, 11) is 0. The Morgan fingerprint density at radius 3 is 2.71 bits per heavy atom. The van der Waals surface area contributed by atoms with E-state index in [1.807, 2.05) is 0 Å². The molecule has 0 radical (unpaired) electrons. The number of nitrogens with zero attached hydrogens (tertiary/aromatic N) is 1. The number of rotatable bonds is 3. The zero-order valence-corrected chi connectivity index (χ0v) is 11.6. The molecule has 112 valence electrons. The maximum absolute atomic E-state index is 13.7. The van der Waals surface area contributed by atoms with Crippen LogP contribution in [0.5, 0.6) is 0 Å². The molecule has 1 saturated carbocycles. The third kappa shape index (κ3) is 2.14. The fraction of sp³-hybridized carbons (Fsp3) is 0.500. The van der Waals surface area contributed by atoms with E-state index in [9.17, 15) is 13.2 Å². The van der Waals surface area contributed by atoms with Crippen LogP contribution in [0.25, 0.3) is 10.9 Å². The molecule has 1 aromatic heterocycles. The zero-order chi connectivity index (χ0) is 14.6. The standard InChI is InChI=1S/C16H17F3N2/c17-13-7-12-9(8-20-16(12)15(19)14(13)18)6-11-2-1-5-21(11)10-3-4-10/h7-8,10-11,20H,1-6H2. The van der Waals surface area contributed by atoms with Gasteiger partial charge in [-0.25, -0.2) is 13.2 Å². The fourth-order valence-corrected chi connectivity index (χ4v) is 3.61. The molecule has 1 N–H and O–H groups in total. The van der Waals surface area contributed by atoms with Crippen molar-refractivity contribution in [1.29, 1.82) is 0 Å². The summed E-state index contributed by atoms with van der Waals surface area (Å²) in [6.45, 7) is 1.12. The monoisotopic (exact) mass is 294 g/mol. The van der Waals surface area contributed by atoms with Gasteiger partial charge < -0.3 is 4.98 Å². The first-order chi connectivity index (χ1) is 10.1. The van der Waals surface area contributed by atoms with Crippen molar-refractivity contribution in [2.75, 3.05) is 6.54 Å². The Labute approximate surface area is 120 Å². The average Bonchev–Trinajstić information content (AvgIpc) is 3.09. The van der Waals surface area contributed by atoms with Crippen molar-refractivity contribution in [3.8, 4) is 0 Å². The Balaban J connectivity index is 1.67. The summed E-state index contributed by atoms with van der Waals surface area (Å²) in [6.07, 6.45) is 7.28. The Bertz CT molecular complexity index is 690. The van der Waals surface area contributed by atoms with Gasteiger partial charge in [0.2, 0.25) is 0 Å². The van der Waals surface area contributed by atoms with Crippen LogP contribution in [0.4, 0.5) is 13.2 Å². The molecule has 1 unspecified atom stereocenters. The van der Waals surface area contributed by atoms with Crippen molar-refractivity contribution in [1.82, 2.24) is 9.88 Å². The summed E-state index contributed by atoms with van der Waals surface area (Å²) in [5.74, 6) is -3.65. The van der Waals surface area contributed by atoms with Crippen LogP contribution in [0.2, 0.25) is 0 Å². The molecular weight excluding hydrogens is 277 g/mol. The van der Waals surface area contributed by atoms with Crippen LogP contribution >= 0.6 is 0 Å². The van der Waals surface area contributed by atoms with E-state index in [2.05, 4.69) is 9.88 Å². The molecule has 1 aliphatic heterocycles. The number of aromatic nitrogens is 1. The summed E-state index contributed by atoms with van der Waals surface area (Å²) < 4.78 is 40.5. The topological polar surface area (TPSA) is 19.0 Å². The molecule has 21 heavy (non-hydrogen) atoms. The average molecular weight is 294 g/mol. The number of aromatic amines is 1. The lowest BCUT2D eigenvalue weighted by molar-refractivity contribution is 0.242. The fourth-order valence-electron chi connectivity index (χ4n) is 3.61. The molecule has 2 heterocycles. The number of fused-ring (bicyclic) bond motifs is 1. The van der Waals surface area contributed by atoms with Gasteiger partial charge in [0.05, 0.1) is 5.52 Å². The van der Waals surface area contributed by atoms with Gasteiger partial charge in [-0.15, -0.1) is 0 Å². The summed E-state index contributed by atoms with van der Waals surface area (Å²) in [5, 5.41) is 0.467. The molecule has 2 fully saturated rings. The molecule has 0 bridgehead atoms. The SMILES string of the molecule is Fc1cc2c(CC3CCCN3C3CC3)c[nH]c2c(F)c1F. The van der Waals surface area contributed by atoms with Crippen LogP contribution in [0.1, 0.15) is 31.2 Å². The Hall–Kier alpha value is -1.49. The van der Waals surface area contributed by atoms with E-state index in [4.69, 9.17) is 0 Å². The second-order valence-electron chi connectivity index (χ2n) is 6.19. The van der Waals surface area contributed by atoms with Gasteiger partial charge in [-0.1, -0.05) is 0 Å². The minimum absolute atomic E-state index is 0.0693. The number of hydrogen-bond acceptors (Lipinski definition) is 1. The van der Waals surface area contributed by atoms with Crippen molar-refractivity contribution in [2.24, 2.45) is 0 Å². The Morgan fingerprint density at radius 2 is 1.95 bits per heavy atom. The number of likely N-dealkylation sites (tertiary alicyclic amines) is 1. The van der Waals surface area contributed by atoms with Gasteiger partial charge in [0.1, 0.15) is 0 Å². The highest BCUT2D eigenvalue weighted by molar-refractivity contribution is 5.84. The second-order valence-corrected chi connectivity index (χ2v) is 6.19. The Morgan fingerprint density at radius 1 is 1.14 bits per heavy atom. The lowest BCUT2D eigenvalue weighted by Crippen LogP contribution is -2.32. The molecule has 2 nitrogen and oxygen atoms in total. The zero-order valence-electron chi connectivity index (χ0n) is 11.6. The van der Waals surface area contributed by atoms with Gasteiger partial charge >= 0.3 is 0 Å². The van der Waals surface area contributed by atoms with Gasteiger partial charge in [-0.3, -0.25) is 4.90 Å². The van der Waals surface area contributed by atoms with Crippen LogP contribution in [-0.4, -0.2) is 28.5 Å². The number of benzene rings is 1. The summed E-state index contributed by atoms with van der Waals surface area (Å²) in [5.41, 5.74) is 0.945. The predicted molar refractivity (Wildman–Crippen MR) is 74.6 cm³/mol. The van der Waals surface area contributed by atoms with Crippen molar-refractivity contribution in [3.63, 3.8) is 0 Å². The van der Waals surface area contributed by atoms with Crippen LogP contribution in [0, 0.1) is 17.5 Å². The number of halogens is 3. The van der Waals surface area contributed by atoms with Crippen molar-refractivity contribution < 1.29 is 13.2 Å². The number of hydrogen-bond donors (Lipinski definition) is 1. The minimum Gasteiger partial charge on any atom is -0.358 e. The largest absolute Gasteiger partial charge is 0.358 e. The summed E-state index contributed by atoms with van der Waals surface area (Å²) in [6, 6.07) is 2.25. The quantitative estimate of drug-likeness (QED) is 0.854. The molecule has 0 spiro atoms. The highest BCUT2D eigenvalue weighted by atomic mass is 19.2. The lowest BCUT2D eigenvalue weighted by atomic mass is 10.0. The molecular formula is C16H17F3N2. The molecule has 1 saturated heterocycles. The molecule has 0 amide bonds. The van der Waals surface area contributed by atoms with Gasteiger partial charge in [-0.2, -0.15) is 0 Å². The first-order valence-corrected chi connectivity index (χ1v) is 7.54. The molecule has 2 aromatic rings. The lowest BCUT2D eigenvalue weighted by Gasteiger charge is -2.23. The van der Waals surface area contributed by atoms with Crippen molar-refractivity contribution in [3.05, 3.63) is 35.3 Å². The third-order valence-electron chi connectivity index (χ3n) is 4.79. The molecule has 1 aromatic carbocycles. The molecule has 5 heteroatoms. The van der Waals surface area contributed by atoms with Crippen molar-refractivity contribution in [2.45, 2.75) is 44.2 Å². The van der Waals surface area contributed by atoms with Gasteiger partial charge in [0.25, 0.3) is 0 Å². The Kier molecular flexibility index (Phi) is 2.99. The van der Waals surface area contributed by atoms with Crippen LogP contribution in [-0.2, 0) is 6.42 Å². The van der Waals surface area contributed by atoms with E-state index in [0.717, 1.165) is 31.0 Å². The van der Waals surface area contributed by atoms with Crippen LogP contribution in [0.3, 0.4) is 0 Å².